The fourth-order valence-corrected chi connectivity index (χ4v) is 2.59. The second-order valence-electron chi connectivity index (χ2n) is 6.71. The van der Waals surface area contributed by atoms with Crippen molar-refractivity contribution in [3.63, 3.8) is 0 Å². The van der Waals surface area contributed by atoms with Gasteiger partial charge in [0, 0.05) is 6.42 Å². The van der Waals surface area contributed by atoms with Crippen LogP contribution in [0.3, 0.4) is 0 Å². The second kappa shape index (κ2) is 10.7. The van der Waals surface area contributed by atoms with Gasteiger partial charge in [0.2, 0.25) is 0 Å². The van der Waals surface area contributed by atoms with Gasteiger partial charge in [0.05, 0.1) is 18.8 Å². The molecule has 0 aromatic heterocycles. The predicted octanol–water partition coefficient (Wildman–Crippen LogP) is -5.53. The van der Waals surface area contributed by atoms with E-state index in [1.807, 2.05) is 0 Å². The van der Waals surface area contributed by atoms with Gasteiger partial charge >= 0.3 is 5.97 Å². The van der Waals surface area contributed by atoms with E-state index in [-0.39, 0.29) is 0 Å². The van der Waals surface area contributed by atoms with Gasteiger partial charge in [-0.1, -0.05) is 0 Å². The van der Waals surface area contributed by atoms with Crippen molar-refractivity contribution in [1.82, 2.24) is 0 Å². The molecule has 0 aromatic rings. The lowest BCUT2D eigenvalue weighted by atomic mass is 9.96. The summed E-state index contributed by atoms with van der Waals surface area (Å²) in [7, 11) is 0. The quantitative estimate of drug-likeness (QED) is 0.160. The van der Waals surface area contributed by atoms with E-state index in [4.69, 9.17) is 14.6 Å². The number of hydrogen-bond donors (Lipinski definition) is 10. The Kier molecular flexibility index (Phi) is 9.58. The van der Waals surface area contributed by atoms with Gasteiger partial charge in [-0.2, -0.15) is 0 Å². The van der Waals surface area contributed by atoms with E-state index in [1.54, 1.807) is 0 Å². The number of carboxylic acid groups (broad SMARTS) is 1. The summed E-state index contributed by atoms with van der Waals surface area (Å²) in [6.07, 6.45) is -20.1. The zero-order valence-electron chi connectivity index (χ0n) is 15.0. The molecule has 0 amide bonds. The minimum atomic E-state index is -2.01. The molecule has 0 aliphatic carbocycles. The molecule has 1 rings (SSSR count). The van der Waals surface area contributed by atoms with Crippen molar-refractivity contribution in [3.05, 3.63) is 0 Å². The molecule has 1 aliphatic heterocycles. The van der Waals surface area contributed by atoms with E-state index in [1.165, 1.54) is 0 Å². The zero-order valence-corrected chi connectivity index (χ0v) is 15.0. The van der Waals surface area contributed by atoms with Gasteiger partial charge in [-0.15, -0.1) is 0 Å². The number of hydrogen-bond acceptors (Lipinski definition) is 12. The predicted molar refractivity (Wildman–Crippen MR) is 86.6 cm³/mol. The van der Waals surface area contributed by atoms with Gasteiger partial charge in [0.1, 0.15) is 42.7 Å². The molecule has 0 bridgehead atoms. The van der Waals surface area contributed by atoms with E-state index in [9.17, 15) is 50.8 Å². The lowest BCUT2D eigenvalue weighted by Crippen LogP contribution is -2.59. The van der Waals surface area contributed by atoms with Crippen LogP contribution in [0.5, 0.6) is 0 Å². The zero-order chi connectivity index (χ0) is 21.8. The Labute approximate surface area is 159 Å². The molecule has 13 nitrogen and oxygen atoms in total. The maximum Gasteiger partial charge on any atom is 0.332 e. The molecule has 1 saturated heterocycles. The third-order valence-electron chi connectivity index (χ3n) is 4.47. The first-order valence-corrected chi connectivity index (χ1v) is 8.50. The molecule has 166 valence electrons. The minimum absolute atomic E-state index is 0.666. The third kappa shape index (κ3) is 6.27. The van der Waals surface area contributed by atoms with Crippen molar-refractivity contribution < 1.29 is 65.3 Å². The van der Waals surface area contributed by atoms with Crippen LogP contribution in [-0.4, -0.2) is 131 Å². The molecule has 0 aromatic carbocycles. The molecule has 0 spiro atoms. The van der Waals surface area contributed by atoms with Crippen LogP contribution in [0.4, 0.5) is 0 Å². The summed E-state index contributed by atoms with van der Waals surface area (Å²) in [6, 6.07) is 0. The van der Waals surface area contributed by atoms with Crippen molar-refractivity contribution >= 4 is 5.97 Å². The summed E-state index contributed by atoms with van der Waals surface area (Å²) in [4.78, 5) is 11.3. The number of aliphatic hydroxyl groups is 9. The van der Waals surface area contributed by atoms with Crippen molar-refractivity contribution in [2.75, 3.05) is 6.61 Å². The summed E-state index contributed by atoms with van der Waals surface area (Å²) in [6.45, 7) is 0.464. The van der Waals surface area contributed by atoms with Crippen molar-refractivity contribution in [3.8, 4) is 0 Å². The maximum absolute atomic E-state index is 11.3. The van der Waals surface area contributed by atoms with E-state index in [0.717, 1.165) is 6.92 Å². The highest BCUT2D eigenvalue weighted by molar-refractivity contribution is 5.72. The summed E-state index contributed by atoms with van der Waals surface area (Å²) in [5.74, 6) is -1.58. The Morgan fingerprint density at radius 3 is 2.00 bits per heavy atom. The minimum Gasteiger partial charge on any atom is -0.479 e. The summed E-state index contributed by atoms with van der Waals surface area (Å²) < 4.78 is 9.83. The average Bonchev–Trinajstić information content (AvgIpc) is 2.64. The van der Waals surface area contributed by atoms with Gasteiger partial charge < -0.3 is 60.5 Å². The first-order chi connectivity index (χ1) is 12.9. The van der Waals surface area contributed by atoms with Crippen LogP contribution in [-0.2, 0) is 14.3 Å². The molecule has 13 heteroatoms. The van der Waals surface area contributed by atoms with Crippen LogP contribution in [0.25, 0.3) is 0 Å². The monoisotopic (exact) mass is 416 g/mol. The second-order valence-corrected chi connectivity index (χ2v) is 6.71. The Morgan fingerprint density at radius 1 is 0.929 bits per heavy atom. The lowest BCUT2D eigenvalue weighted by molar-refractivity contribution is -0.290. The molecule has 0 saturated carbocycles. The average molecular weight is 416 g/mol. The van der Waals surface area contributed by atoms with Gasteiger partial charge in [0.15, 0.2) is 12.4 Å². The summed E-state index contributed by atoms with van der Waals surface area (Å²) in [5, 5.41) is 95.4. The highest BCUT2D eigenvalue weighted by Gasteiger charge is 2.43. The largest absolute Gasteiger partial charge is 0.479 e. The van der Waals surface area contributed by atoms with Gasteiger partial charge in [-0.25, -0.2) is 4.79 Å². The van der Waals surface area contributed by atoms with Crippen LogP contribution in [0, 0.1) is 0 Å². The Morgan fingerprint density at radius 2 is 1.50 bits per heavy atom. The maximum atomic E-state index is 11.3. The van der Waals surface area contributed by atoms with Gasteiger partial charge in [-0.05, 0) is 6.92 Å². The number of ether oxygens (including phenoxy) is 2. The highest BCUT2D eigenvalue weighted by atomic mass is 16.6. The fraction of sp³-hybridized carbons (Fsp3) is 0.933. The SMILES string of the molecule is CC(O)C(O)C(O)C(O)C(O)CC(OCC1OC(O)C(O)C(O)C1O)C(=O)O. The molecule has 0 radical (unpaired) electrons. The first-order valence-electron chi connectivity index (χ1n) is 8.50. The Hall–Kier alpha value is -0.970. The smallest absolute Gasteiger partial charge is 0.332 e. The van der Waals surface area contributed by atoms with Gasteiger partial charge in [0.25, 0.3) is 0 Å². The number of aliphatic carboxylic acids is 1. The van der Waals surface area contributed by atoms with E-state index in [2.05, 4.69) is 0 Å². The lowest BCUT2D eigenvalue weighted by Gasteiger charge is -2.38. The van der Waals surface area contributed by atoms with Crippen LogP contribution in [0.15, 0.2) is 0 Å². The molecule has 1 fully saturated rings. The topological polar surface area (TPSA) is 238 Å². The first kappa shape index (κ1) is 25.1. The Bertz CT molecular complexity index is 489. The van der Waals surface area contributed by atoms with Gasteiger partial charge in [-0.3, -0.25) is 0 Å². The number of carbonyl (C=O) groups is 1. The summed E-state index contributed by atoms with van der Waals surface area (Å²) >= 11 is 0. The van der Waals surface area contributed by atoms with E-state index >= 15 is 0 Å². The number of aliphatic hydroxyl groups excluding tert-OH is 9. The van der Waals surface area contributed by atoms with E-state index in [0.29, 0.717) is 0 Å². The molecule has 10 N–H and O–H groups in total. The van der Waals surface area contributed by atoms with Crippen LogP contribution < -0.4 is 0 Å². The standard InChI is InChI=1S/C15H28O13/c1-4(16)8(18)11(21)9(19)5(17)2-6(14(24)25)27-3-7-10(20)12(22)13(23)15(26)28-7/h4-13,15-23,26H,2-3H2,1H3,(H,24,25). The number of rotatable bonds is 10. The molecule has 11 atom stereocenters. The highest BCUT2D eigenvalue weighted by Crippen LogP contribution is 2.21. The fourth-order valence-electron chi connectivity index (χ4n) is 2.59. The van der Waals surface area contributed by atoms with Crippen molar-refractivity contribution in [1.29, 1.82) is 0 Å². The molecule has 1 aliphatic rings. The Balaban J connectivity index is 2.67. The number of carboxylic acids is 1. The molecule has 1 heterocycles. The van der Waals surface area contributed by atoms with Crippen LogP contribution in [0.1, 0.15) is 13.3 Å². The van der Waals surface area contributed by atoms with Crippen molar-refractivity contribution in [2.45, 2.75) is 80.7 Å². The van der Waals surface area contributed by atoms with Crippen LogP contribution in [0.2, 0.25) is 0 Å². The molecule has 11 unspecified atom stereocenters. The van der Waals surface area contributed by atoms with Crippen molar-refractivity contribution in [2.24, 2.45) is 0 Å². The van der Waals surface area contributed by atoms with E-state index < -0.39 is 86.3 Å². The van der Waals surface area contributed by atoms with Crippen LogP contribution >= 0.6 is 0 Å². The molecular weight excluding hydrogens is 388 g/mol. The third-order valence-corrected chi connectivity index (χ3v) is 4.47. The normalized spacial score (nSPS) is 34.9. The molecular formula is C15H28O13. The molecule has 28 heavy (non-hydrogen) atoms. The summed E-state index contributed by atoms with van der Waals surface area (Å²) in [5.41, 5.74) is 0.